The molecule has 0 aliphatic heterocycles. The van der Waals surface area contributed by atoms with Gasteiger partial charge in [0, 0.05) is 11.0 Å². The van der Waals surface area contributed by atoms with Gasteiger partial charge in [-0.2, -0.15) is 0 Å². The second-order valence-electron chi connectivity index (χ2n) is 5.82. The quantitative estimate of drug-likeness (QED) is 0.846. The molecule has 0 radical (unpaired) electrons. The van der Waals surface area contributed by atoms with Crippen LogP contribution in [-0.4, -0.2) is 12.3 Å². The number of benzene rings is 2. The van der Waals surface area contributed by atoms with Crippen LogP contribution in [0.3, 0.4) is 0 Å². The Kier molecular flexibility index (Phi) is 3.72. The molecule has 0 atom stereocenters. The van der Waals surface area contributed by atoms with E-state index in [-0.39, 0.29) is 5.78 Å². The largest absolute Gasteiger partial charge is 0.330 e. The van der Waals surface area contributed by atoms with E-state index >= 15 is 0 Å². The van der Waals surface area contributed by atoms with E-state index in [2.05, 4.69) is 25.1 Å². The minimum atomic E-state index is -0.396. The summed E-state index contributed by atoms with van der Waals surface area (Å²) in [5.41, 5.74) is 7.19. The highest BCUT2D eigenvalue weighted by Crippen LogP contribution is 2.27. The summed E-state index contributed by atoms with van der Waals surface area (Å²) in [6.07, 6.45) is 0.706. The van der Waals surface area contributed by atoms with Crippen LogP contribution < -0.4 is 5.73 Å². The van der Waals surface area contributed by atoms with Crippen molar-refractivity contribution in [3.63, 3.8) is 0 Å². The summed E-state index contributed by atoms with van der Waals surface area (Å²) in [7, 11) is 0. The number of carbonyl (C=O) groups excluding carboxylic acids is 1. The first-order chi connectivity index (χ1) is 8.94. The van der Waals surface area contributed by atoms with Crippen LogP contribution in [0, 0.1) is 12.3 Å². The van der Waals surface area contributed by atoms with Gasteiger partial charge in [-0.25, -0.2) is 0 Å². The first-order valence-corrected chi connectivity index (χ1v) is 6.69. The lowest BCUT2D eigenvalue weighted by Crippen LogP contribution is -2.27. The lowest BCUT2D eigenvalue weighted by Gasteiger charge is -2.22. The van der Waals surface area contributed by atoms with Gasteiger partial charge in [0.05, 0.1) is 0 Å². The van der Waals surface area contributed by atoms with Gasteiger partial charge in [-0.1, -0.05) is 49.7 Å². The SMILES string of the molecule is Cc1ccc2cc(C(=O)C(C)(C)CCN)ccc2c1. The van der Waals surface area contributed by atoms with Crippen molar-refractivity contribution < 1.29 is 4.79 Å². The molecule has 2 nitrogen and oxygen atoms in total. The summed E-state index contributed by atoms with van der Waals surface area (Å²) in [5, 5.41) is 2.29. The Labute approximate surface area is 114 Å². The lowest BCUT2D eigenvalue weighted by atomic mass is 9.81. The van der Waals surface area contributed by atoms with Gasteiger partial charge in [0.15, 0.2) is 5.78 Å². The van der Waals surface area contributed by atoms with E-state index in [4.69, 9.17) is 5.73 Å². The zero-order chi connectivity index (χ0) is 14.0. The molecule has 0 aliphatic carbocycles. The average Bonchev–Trinajstić information content (AvgIpc) is 2.37. The Morgan fingerprint density at radius 2 is 1.74 bits per heavy atom. The topological polar surface area (TPSA) is 43.1 Å². The molecule has 2 N–H and O–H groups in total. The van der Waals surface area contributed by atoms with E-state index < -0.39 is 5.41 Å². The van der Waals surface area contributed by atoms with Crippen LogP contribution in [0.1, 0.15) is 36.2 Å². The van der Waals surface area contributed by atoms with Crippen LogP contribution >= 0.6 is 0 Å². The number of aryl methyl sites for hydroxylation is 1. The van der Waals surface area contributed by atoms with Gasteiger partial charge in [0.2, 0.25) is 0 Å². The maximum atomic E-state index is 12.5. The van der Waals surface area contributed by atoms with Gasteiger partial charge < -0.3 is 5.73 Å². The summed E-state index contributed by atoms with van der Waals surface area (Å²) in [5.74, 6) is 0.167. The Morgan fingerprint density at radius 3 is 2.42 bits per heavy atom. The van der Waals surface area contributed by atoms with Crippen molar-refractivity contribution in [2.24, 2.45) is 11.1 Å². The Bertz CT molecular complexity index is 614. The molecule has 0 fully saturated rings. The zero-order valence-electron chi connectivity index (χ0n) is 11.9. The minimum Gasteiger partial charge on any atom is -0.330 e. The van der Waals surface area contributed by atoms with Crippen molar-refractivity contribution in [1.82, 2.24) is 0 Å². The van der Waals surface area contributed by atoms with Crippen LogP contribution in [0.5, 0.6) is 0 Å². The molecule has 0 amide bonds. The van der Waals surface area contributed by atoms with Crippen LogP contribution in [0.25, 0.3) is 10.8 Å². The maximum absolute atomic E-state index is 12.5. The van der Waals surface area contributed by atoms with Gasteiger partial charge in [0.1, 0.15) is 0 Å². The second-order valence-corrected chi connectivity index (χ2v) is 5.82. The fourth-order valence-corrected chi connectivity index (χ4v) is 2.37. The molecule has 2 rings (SSSR count). The van der Waals surface area contributed by atoms with E-state index in [0.29, 0.717) is 13.0 Å². The fraction of sp³-hybridized carbons (Fsp3) is 0.353. The third-order valence-electron chi connectivity index (χ3n) is 3.64. The molecule has 0 unspecified atom stereocenters. The highest BCUT2D eigenvalue weighted by molar-refractivity contribution is 6.03. The molecule has 0 saturated heterocycles. The molecular weight excluding hydrogens is 234 g/mol. The number of hydrogen-bond acceptors (Lipinski definition) is 2. The van der Waals surface area contributed by atoms with Crippen molar-refractivity contribution >= 4 is 16.6 Å². The predicted octanol–water partition coefficient (Wildman–Crippen LogP) is 3.71. The molecule has 0 aromatic heterocycles. The Balaban J connectivity index is 2.41. The molecule has 0 bridgehead atoms. The standard InChI is InChI=1S/C17H21NO/c1-12-4-5-14-11-15(7-6-13(14)10-12)16(19)17(2,3)8-9-18/h4-7,10-11H,8-9,18H2,1-3H3. The first kappa shape index (κ1) is 13.8. The van der Waals surface area contributed by atoms with E-state index in [1.807, 2.05) is 32.0 Å². The Hall–Kier alpha value is -1.67. The number of Topliss-reactive ketones (excluding diaryl/α,β-unsaturated/α-hetero) is 1. The lowest BCUT2D eigenvalue weighted by molar-refractivity contribution is 0.0829. The molecule has 2 aromatic rings. The third-order valence-corrected chi connectivity index (χ3v) is 3.64. The maximum Gasteiger partial charge on any atom is 0.168 e. The molecule has 2 heteroatoms. The monoisotopic (exact) mass is 255 g/mol. The molecule has 0 heterocycles. The molecule has 19 heavy (non-hydrogen) atoms. The van der Waals surface area contributed by atoms with Crippen molar-refractivity contribution in [2.75, 3.05) is 6.54 Å². The minimum absolute atomic E-state index is 0.167. The van der Waals surface area contributed by atoms with Crippen molar-refractivity contribution in [3.05, 3.63) is 47.5 Å². The summed E-state index contributed by atoms with van der Waals surface area (Å²) in [6, 6.07) is 12.2. The summed E-state index contributed by atoms with van der Waals surface area (Å²) >= 11 is 0. The van der Waals surface area contributed by atoms with Crippen molar-refractivity contribution in [2.45, 2.75) is 27.2 Å². The number of nitrogens with two attached hydrogens (primary N) is 1. The molecular formula is C17H21NO. The number of rotatable bonds is 4. The normalized spacial score (nSPS) is 11.8. The summed E-state index contributed by atoms with van der Waals surface area (Å²) in [4.78, 5) is 12.5. The van der Waals surface area contributed by atoms with E-state index in [1.165, 1.54) is 10.9 Å². The average molecular weight is 255 g/mol. The van der Waals surface area contributed by atoms with E-state index in [0.717, 1.165) is 10.9 Å². The number of fused-ring (bicyclic) bond motifs is 1. The van der Waals surface area contributed by atoms with Crippen LogP contribution in [-0.2, 0) is 0 Å². The van der Waals surface area contributed by atoms with E-state index in [9.17, 15) is 4.79 Å². The van der Waals surface area contributed by atoms with E-state index in [1.54, 1.807) is 0 Å². The van der Waals surface area contributed by atoms with Gasteiger partial charge in [-0.3, -0.25) is 4.79 Å². The first-order valence-electron chi connectivity index (χ1n) is 6.69. The molecule has 100 valence electrons. The fourth-order valence-electron chi connectivity index (χ4n) is 2.37. The predicted molar refractivity (Wildman–Crippen MR) is 80.5 cm³/mol. The molecule has 2 aromatic carbocycles. The molecule has 0 saturated carbocycles. The van der Waals surface area contributed by atoms with Gasteiger partial charge >= 0.3 is 0 Å². The van der Waals surface area contributed by atoms with Crippen LogP contribution in [0.2, 0.25) is 0 Å². The molecule has 0 aliphatic rings. The zero-order valence-corrected chi connectivity index (χ0v) is 11.9. The molecule has 0 spiro atoms. The summed E-state index contributed by atoms with van der Waals surface area (Å²) < 4.78 is 0. The number of carbonyl (C=O) groups is 1. The van der Waals surface area contributed by atoms with Crippen LogP contribution in [0.4, 0.5) is 0 Å². The number of ketones is 1. The van der Waals surface area contributed by atoms with Crippen molar-refractivity contribution in [1.29, 1.82) is 0 Å². The van der Waals surface area contributed by atoms with Crippen molar-refractivity contribution in [3.8, 4) is 0 Å². The Morgan fingerprint density at radius 1 is 1.11 bits per heavy atom. The number of hydrogen-bond donors (Lipinski definition) is 1. The van der Waals surface area contributed by atoms with Gasteiger partial charge in [-0.15, -0.1) is 0 Å². The third kappa shape index (κ3) is 2.85. The highest BCUT2D eigenvalue weighted by Gasteiger charge is 2.27. The van der Waals surface area contributed by atoms with Crippen LogP contribution in [0.15, 0.2) is 36.4 Å². The van der Waals surface area contributed by atoms with Gasteiger partial charge in [0.25, 0.3) is 0 Å². The highest BCUT2D eigenvalue weighted by atomic mass is 16.1. The summed E-state index contributed by atoms with van der Waals surface area (Å²) in [6.45, 7) is 6.53. The smallest absolute Gasteiger partial charge is 0.168 e. The second kappa shape index (κ2) is 5.14. The van der Waals surface area contributed by atoms with Gasteiger partial charge in [-0.05, 0) is 36.7 Å².